The van der Waals surface area contributed by atoms with Gasteiger partial charge in [-0.25, -0.2) is 26.4 Å². The van der Waals surface area contributed by atoms with Gasteiger partial charge in [0.1, 0.15) is 9.79 Å². The molecule has 18 heteroatoms. The van der Waals surface area contributed by atoms with Crippen LogP contribution < -0.4 is 9.47 Å². The minimum atomic E-state index is -4.24. The van der Waals surface area contributed by atoms with E-state index in [-0.39, 0.29) is 31.8 Å². The van der Waals surface area contributed by atoms with Crippen LogP contribution in [0.4, 0.5) is 0 Å². The van der Waals surface area contributed by atoms with Crippen molar-refractivity contribution in [3.63, 3.8) is 0 Å². The van der Waals surface area contributed by atoms with Gasteiger partial charge in [-0.05, 0) is 144 Å². The Balaban J connectivity index is 2.56. The molecule has 0 aliphatic carbocycles. The summed E-state index contributed by atoms with van der Waals surface area (Å²) in [7, 11) is -1.24. The molecule has 2 aromatic rings. The van der Waals surface area contributed by atoms with Crippen LogP contribution in [0.3, 0.4) is 0 Å². The summed E-state index contributed by atoms with van der Waals surface area (Å²) >= 11 is 13.1. The van der Waals surface area contributed by atoms with E-state index in [4.69, 9.17) is 9.47 Å². The number of rotatable bonds is 14. The predicted molar refractivity (Wildman–Crippen MR) is 190 cm³/mol. The van der Waals surface area contributed by atoms with Crippen molar-refractivity contribution in [1.82, 2.24) is 18.4 Å². The van der Waals surface area contributed by atoms with Crippen molar-refractivity contribution in [2.24, 2.45) is 0 Å². The molecule has 0 N–H and O–H groups in total. The predicted octanol–water partition coefficient (Wildman–Crippen LogP) is 5.17. The number of carbonyl (C=O) groups excluding carboxylic acids is 2. The van der Waals surface area contributed by atoms with Crippen LogP contribution in [0, 0.1) is 0 Å². The van der Waals surface area contributed by atoms with E-state index in [1.165, 1.54) is 32.9 Å². The number of likely N-dealkylation sites (N-methyl/N-ethyl adjacent to an activating group) is 2. The molecule has 0 atom stereocenters. The molecule has 0 aromatic heterocycles. The van der Waals surface area contributed by atoms with E-state index >= 15 is 0 Å². The lowest BCUT2D eigenvalue weighted by molar-refractivity contribution is -0.156. The van der Waals surface area contributed by atoms with Crippen LogP contribution in [0.15, 0.2) is 51.9 Å². The van der Waals surface area contributed by atoms with Gasteiger partial charge in [0, 0.05) is 47.2 Å². The van der Waals surface area contributed by atoms with Crippen LogP contribution in [-0.4, -0.2) is 114 Å². The fourth-order valence-corrected chi connectivity index (χ4v) is 9.29. The highest BCUT2D eigenvalue weighted by molar-refractivity contribution is 9.13. The van der Waals surface area contributed by atoms with Gasteiger partial charge in [0.15, 0.2) is 11.5 Å². The van der Waals surface area contributed by atoms with Gasteiger partial charge in [0.2, 0.25) is 20.0 Å². The Morgan fingerprint density at radius 2 is 0.913 bits per heavy atom. The molecule has 0 aliphatic heterocycles. The molecule has 0 fully saturated rings. The van der Waals surface area contributed by atoms with E-state index < -0.39 is 55.6 Å². The van der Waals surface area contributed by atoms with Crippen molar-refractivity contribution < 1.29 is 35.9 Å². The molecule has 46 heavy (non-hydrogen) atoms. The Kier molecular flexibility index (Phi) is 15.3. The summed E-state index contributed by atoms with van der Waals surface area (Å²) in [5, 5.41) is 0. The normalized spacial score (nSPS) is 12.7. The van der Waals surface area contributed by atoms with Gasteiger partial charge < -0.3 is 19.3 Å². The fourth-order valence-electron chi connectivity index (χ4n) is 4.06. The molecule has 2 rings (SSSR count). The standard InChI is InChI=1S/C28H38Br4N4O8S2/c1-17(2)35(15-13-33(5)6)45(39,40)21-11-9-19(29)23(31)25(21)43-27(37)28(38)44-26-22(12-10-20(30)24(26)32)46(41,42)36(18(3)4)16-14-34(7)8/h9-12,17-18H,13-16H2,1-8H3. The van der Waals surface area contributed by atoms with E-state index in [9.17, 15) is 26.4 Å². The van der Waals surface area contributed by atoms with Crippen molar-refractivity contribution in [2.45, 2.75) is 49.6 Å². The number of esters is 2. The lowest BCUT2D eigenvalue weighted by Gasteiger charge is -2.28. The zero-order valence-corrected chi connectivity index (χ0v) is 34.7. The van der Waals surface area contributed by atoms with Gasteiger partial charge in [-0.15, -0.1) is 0 Å². The Morgan fingerprint density at radius 3 is 1.17 bits per heavy atom. The average molecular weight is 942 g/mol. The maximum Gasteiger partial charge on any atom is 0.423 e. The first kappa shape index (κ1) is 41.2. The second kappa shape index (κ2) is 17.1. The summed E-state index contributed by atoms with van der Waals surface area (Å²) in [5.41, 5.74) is 0. The van der Waals surface area contributed by atoms with Gasteiger partial charge in [-0.3, -0.25) is 0 Å². The van der Waals surface area contributed by atoms with Crippen LogP contribution in [0.1, 0.15) is 27.7 Å². The van der Waals surface area contributed by atoms with E-state index in [0.717, 1.165) is 0 Å². The first-order valence-electron chi connectivity index (χ1n) is 13.9. The van der Waals surface area contributed by atoms with Crippen molar-refractivity contribution in [3.05, 3.63) is 42.2 Å². The number of benzene rings is 2. The Labute approximate surface area is 305 Å². The van der Waals surface area contributed by atoms with Crippen LogP contribution in [0.5, 0.6) is 11.5 Å². The van der Waals surface area contributed by atoms with Crippen LogP contribution in [0.2, 0.25) is 0 Å². The van der Waals surface area contributed by atoms with E-state index in [0.29, 0.717) is 22.0 Å². The smallest absolute Gasteiger partial charge is 0.415 e. The second-order valence-electron chi connectivity index (χ2n) is 11.2. The first-order valence-corrected chi connectivity index (χ1v) is 19.9. The number of sulfonamides is 2. The molecule has 0 spiro atoms. The fraction of sp³-hybridized carbons (Fsp3) is 0.500. The Hall–Kier alpha value is -0.960. The molecule has 0 aliphatic rings. The number of halogens is 4. The van der Waals surface area contributed by atoms with E-state index in [2.05, 4.69) is 63.7 Å². The molecule has 0 bridgehead atoms. The molecule has 0 heterocycles. The largest absolute Gasteiger partial charge is 0.423 e. The van der Waals surface area contributed by atoms with Crippen LogP contribution in [0.25, 0.3) is 0 Å². The topological polar surface area (TPSA) is 134 Å². The summed E-state index contributed by atoms with van der Waals surface area (Å²) < 4.78 is 69.5. The second-order valence-corrected chi connectivity index (χ2v) is 18.2. The molecule has 0 radical (unpaired) electrons. The van der Waals surface area contributed by atoms with Gasteiger partial charge in [0.25, 0.3) is 0 Å². The maximum absolute atomic E-state index is 13.8. The van der Waals surface area contributed by atoms with E-state index in [1.807, 2.05) is 38.0 Å². The van der Waals surface area contributed by atoms with Crippen molar-refractivity contribution in [1.29, 1.82) is 0 Å². The summed E-state index contributed by atoms with van der Waals surface area (Å²) in [5.74, 6) is -4.04. The molecule has 12 nitrogen and oxygen atoms in total. The van der Waals surface area contributed by atoms with Crippen molar-refractivity contribution >= 4 is 95.7 Å². The van der Waals surface area contributed by atoms with Gasteiger partial charge in [-0.2, -0.15) is 8.61 Å². The molecule has 0 saturated heterocycles. The van der Waals surface area contributed by atoms with Crippen molar-refractivity contribution in [2.75, 3.05) is 54.4 Å². The maximum atomic E-state index is 13.8. The number of ether oxygens (including phenoxy) is 2. The molecule has 0 unspecified atom stereocenters. The third kappa shape index (κ3) is 10.0. The summed E-state index contributed by atoms with van der Waals surface area (Å²) in [6.07, 6.45) is 0. The number of carbonyl (C=O) groups is 2. The zero-order valence-electron chi connectivity index (χ0n) is 26.7. The molecule has 2 aromatic carbocycles. The van der Waals surface area contributed by atoms with Crippen LogP contribution in [-0.2, 0) is 29.6 Å². The quantitative estimate of drug-likeness (QED) is 0.142. The summed E-state index contributed by atoms with van der Waals surface area (Å²) in [6.45, 7) is 8.00. The minimum absolute atomic E-state index is 0.0615. The van der Waals surface area contributed by atoms with Crippen LogP contribution >= 0.6 is 63.7 Å². The molecular formula is C28H38Br4N4O8S2. The number of nitrogens with zero attached hydrogens (tertiary/aromatic N) is 4. The highest BCUT2D eigenvalue weighted by Gasteiger charge is 2.36. The molecule has 0 amide bonds. The third-order valence-corrected chi connectivity index (χ3v) is 14.6. The van der Waals surface area contributed by atoms with Gasteiger partial charge in [0.05, 0.1) is 8.95 Å². The number of hydrogen-bond acceptors (Lipinski definition) is 10. The minimum Gasteiger partial charge on any atom is -0.415 e. The summed E-state index contributed by atoms with van der Waals surface area (Å²) in [4.78, 5) is 29.4. The average Bonchev–Trinajstić information content (AvgIpc) is 2.92. The molecule has 258 valence electrons. The highest BCUT2D eigenvalue weighted by Crippen LogP contribution is 2.41. The zero-order chi connectivity index (χ0) is 35.3. The molecule has 0 saturated carbocycles. The Morgan fingerprint density at radius 1 is 0.609 bits per heavy atom. The monoisotopic (exact) mass is 938 g/mol. The third-order valence-electron chi connectivity index (χ3n) is 6.44. The lowest BCUT2D eigenvalue weighted by atomic mass is 10.3. The molecular weight excluding hydrogens is 904 g/mol. The van der Waals surface area contributed by atoms with Gasteiger partial charge >= 0.3 is 11.9 Å². The highest BCUT2D eigenvalue weighted by atomic mass is 79.9. The number of hydrogen-bond donors (Lipinski definition) is 0. The van der Waals surface area contributed by atoms with Gasteiger partial charge in [-0.1, -0.05) is 0 Å². The first-order chi connectivity index (χ1) is 21.1. The van der Waals surface area contributed by atoms with E-state index in [1.54, 1.807) is 27.7 Å². The summed E-state index contributed by atoms with van der Waals surface area (Å²) in [6, 6.07) is 4.55. The Bertz CT molecular complexity index is 1530. The van der Waals surface area contributed by atoms with Crippen molar-refractivity contribution in [3.8, 4) is 11.5 Å². The lowest BCUT2D eigenvalue weighted by Crippen LogP contribution is -2.41. The SMILES string of the molecule is CC(C)N(CCN(C)C)S(=O)(=O)c1ccc(Br)c(Br)c1OC(=O)C(=O)Oc1c(S(=O)(=O)N(CCN(C)C)C(C)C)ccc(Br)c1Br.